The van der Waals surface area contributed by atoms with E-state index in [4.69, 9.17) is 5.11 Å². The SMILES string of the molecule is OCC1Cc2c([nH]c3cc(O)ccc23)CN1. The number of fused-ring (bicyclic) bond motifs is 3. The minimum absolute atomic E-state index is 0.139. The normalized spacial score (nSPS) is 19.9. The lowest BCUT2D eigenvalue weighted by atomic mass is 9.99. The molecule has 0 amide bonds. The molecule has 4 N–H and O–H groups in total. The van der Waals surface area contributed by atoms with E-state index < -0.39 is 0 Å². The molecule has 2 aromatic rings. The number of aromatic nitrogens is 1. The molecule has 4 heteroatoms. The number of benzene rings is 1. The van der Waals surface area contributed by atoms with Crippen LogP contribution in [0.5, 0.6) is 5.75 Å². The highest BCUT2D eigenvalue weighted by Crippen LogP contribution is 2.28. The number of rotatable bonds is 1. The standard InChI is InChI=1S/C12H14N2O2/c15-6-7-3-10-9-2-1-8(16)4-11(9)14-12(10)5-13-7/h1-2,4,7,13-16H,3,5-6H2. The van der Waals surface area contributed by atoms with Crippen molar-refractivity contribution in [3.05, 3.63) is 29.5 Å². The molecule has 1 aromatic carbocycles. The number of phenols is 1. The van der Waals surface area contributed by atoms with Gasteiger partial charge in [0, 0.05) is 35.2 Å². The summed E-state index contributed by atoms with van der Waals surface area (Å²) in [5.41, 5.74) is 3.38. The first-order valence-electron chi connectivity index (χ1n) is 5.44. The monoisotopic (exact) mass is 218 g/mol. The van der Waals surface area contributed by atoms with Gasteiger partial charge in [-0.05, 0) is 24.1 Å². The Labute approximate surface area is 92.9 Å². The Morgan fingerprint density at radius 3 is 3.06 bits per heavy atom. The molecule has 1 aromatic heterocycles. The summed E-state index contributed by atoms with van der Waals surface area (Å²) in [5.74, 6) is 0.276. The first-order chi connectivity index (χ1) is 7.78. The molecule has 84 valence electrons. The van der Waals surface area contributed by atoms with E-state index in [2.05, 4.69) is 10.3 Å². The molecular formula is C12H14N2O2. The maximum absolute atomic E-state index is 9.41. The molecule has 0 aliphatic carbocycles. The van der Waals surface area contributed by atoms with Crippen LogP contribution in [0.1, 0.15) is 11.3 Å². The van der Waals surface area contributed by atoms with Crippen LogP contribution < -0.4 is 5.32 Å². The third-order valence-electron chi connectivity index (χ3n) is 3.22. The number of hydrogen-bond donors (Lipinski definition) is 4. The van der Waals surface area contributed by atoms with Crippen molar-refractivity contribution in [2.75, 3.05) is 6.61 Å². The summed E-state index contributed by atoms with van der Waals surface area (Å²) in [6.07, 6.45) is 0.830. The van der Waals surface area contributed by atoms with Gasteiger partial charge in [-0.1, -0.05) is 0 Å². The molecule has 4 nitrogen and oxygen atoms in total. The van der Waals surface area contributed by atoms with Crippen LogP contribution in [0, 0.1) is 0 Å². The summed E-state index contributed by atoms with van der Waals surface area (Å²) in [4.78, 5) is 3.30. The molecule has 0 radical (unpaired) electrons. The molecule has 3 rings (SSSR count). The second-order valence-electron chi connectivity index (χ2n) is 4.28. The van der Waals surface area contributed by atoms with Gasteiger partial charge in [0.2, 0.25) is 0 Å². The van der Waals surface area contributed by atoms with E-state index in [1.54, 1.807) is 12.1 Å². The van der Waals surface area contributed by atoms with E-state index in [-0.39, 0.29) is 18.4 Å². The van der Waals surface area contributed by atoms with Crippen molar-refractivity contribution in [2.45, 2.75) is 19.0 Å². The fraction of sp³-hybridized carbons (Fsp3) is 0.333. The maximum atomic E-state index is 9.41. The summed E-state index contributed by atoms with van der Waals surface area (Å²) < 4.78 is 0. The van der Waals surface area contributed by atoms with Crippen molar-refractivity contribution in [1.29, 1.82) is 0 Å². The quantitative estimate of drug-likeness (QED) is 0.574. The lowest BCUT2D eigenvalue weighted by Gasteiger charge is -2.22. The summed E-state index contributed by atoms with van der Waals surface area (Å²) in [6.45, 7) is 0.903. The number of nitrogens with one attached hydrogen (secondary N) is 2. The molecule has 16 heavy (non-hydrogen) atoms. The molecule has 0 bridgehead atoms. The van der Waals surface area contributed by atoms with Gasteiger partial charge in [-0.15, -0.1) is 0 Å². The van der Waals surface area contributed by atoms with Crippen molar-refractivity contribution in [3.8, 4) is 5.75 Å². The minimum Gasteiger partial charge on any atom is -0.508 e. The Balaban J connectivity index is 2.14. The molecule has 1 unspecified atom stereocenters. The predicted octanol–water partition coefficient (Wildman–Crippen LogP) is 0.880. The van der Waals surface area contributed by atoms with Crippen LogP contribution >= 0.6 is 0 Å². The number of aliphatic hydroxyl groups excluding tert-OH is 1. The molecule has 0 saturated carbocycles. The first kappa shape index (κ1) is 9.69. The van der Waals surface area contributed by atoms with Crippen LogP contribution in [0.15, 0.2) is 18.2 Å². The lowest BCUT2D eigenvalue weighted by molar-refractivity contribution is 0.235. The van der Waals surface area contributed by atoms with Crippen LogP contribution in [0.4, 0.5) is 0 Å². The van der Waals surface area contributed by atoms with Gasteiger partial charge in [0.25, 0.3) is 0 Å². The lowest BCUT2D eigenvalue weighted by Crippen LogP contribution is -2.37. The number of aliphatic hydroxyl groups is 1. The molecule has 0 spiro atoms. The second kappa shape index (κ2) is 3.50. The van der Waals surface area contributed by atoms with Crippen LogP contribution in [0.2, 0.25) is 0 Å². The fourth-order valence-electron chi connectivity index (χ4n) is 2.38. The molecule has 1 aliphatic rings. The zero-order valence-corrected chi connectivity index (χ0v) is 8.83. The van der Waals surface area contributed by atoms with Crippen LogP contribution in [0.25, 0.3) is 10.9 Å². The van der Waals surface area contributed by atoms with Gasteiger partial charge in [-0.3, -0.25) is 0 Å². The van der Waals surface area contributed by atoms with E-state index in [1.165, 1.54) is 5.56 Å². The van der Waals surface area contributed by atoms with E-state index in [1.807, 2.05) is 6.07 Å². The average molecular weight is 218 g/mol. The van der Waals surface area contributed by atoms with Crippen molar-refractivity contribution < 1.29 is 10.2 Å². The molecule has 2 heterocycles. The minimum atomic E-state index is 0.139. The molecule has 1 aliphatic heterocycles. The first-order valence-corrected chi connectivity index (χ1v) is 5.44. The zero-order chi connectivity index (χ0) is 11.1. The Morgan fingerprint density at radius 1 is 1.38 bits per heavy atom. The van der Waals surface area contributed by atoms with Crippen molar-refractivity contribution in [2.24, 2.45) is 0 Å². The van der Waals surface area contributed by atoms with Gasteiger partial charge in [0.1, 0.15) is 5.75 Å². The number of aromatic hydroxyl groups is 1. The largest absolute Gasteiger partial charge is 0.508 e. The Morgan fingerprint density at radius 2 is 2.25 bits per heavy atom. The van der Waals surface area contributed by atoms with Crippen LogP contribution in [-0.2, 0) is 13.0 Å². The highest BCUT2D eigenvalue weighted by Gasteiger charge is 2.21. The fourth-order valence-corrected chi connectivity index (χ4v) is 2.38. The zero-order valence-electron chi connectivity index (χ0n) is 8.83. The summed E-state index contributed by atoms with van der Waals surface area (Å²) >= 11 is 0. The van der Waals surface area contributed by atoms with Crippen LogP contribution in [0.3, 0.4) is 0 Å². The Hall–Kier alpha value is -1.52. The average Bonchev–Trinajstić information content (AvgIpc) is 2.65. The molecule has 0 fully saturated rings. The van der Waals surface area contributed by atoms with Crippen molar-refractivity contribution >= 4 is 10.9 Å². The van der Waals surface area contributed by atoms with E-state index in [0.29, 0.717) is 0 Å². The molecule has 0 saturated heterocycles. The third kappa shape index (κ3) is 1.38. The van der Waals surface area contributed by atoms with Gasteiger partial charge in [-0.25, -0.2) is 0 Å². The highest BCUT2D eigenvalue weighted by atomic mass is 16.3. The van der Waals surface area contributed by atoms with E-state index in [0.717, 1.165) is 29.6 Å². The Kier molecular flexibility index (Phi) is 2.12. The van der Waals surface area contributed by atoms with Crippen molar-refractivity contribution in [3.63, 3.8) is 0 Å². The number of hydrogen-bond acceptors (Lipinski definition) is 3. The van der Waals surface area contributed by atoms with Gasteiger partial charge < -0.3 is 20.5 Å². The predicted molar refractivity (Wildman–Crippen MR) is 61.4 cm³/mol. The maximum Gasteiger partial charge on any atom is 0.117 e. The smallest absolute Gasteiger partial charge is 0.117 e. The van der Waals surface area contributed by atoms with Gasteiger partial charge in [0.15, 0.2) is 0 Å². The summed E-state index contributed by atoms with van der Waals surface area (Å²) in [5, 5.41) is 23.0. The van der Waals surface area contributed by atoms with Crippen LogP contribution in [-0.4, -0.2) is 27.8 Å². The Bertz CT molecular complexity index is 533. The number of H-pyrrole nitrogens is 1. The van der Waals surface area contributed by atoms with Crippen molar-refractivity contribution in [1.82, 2.24) is 10.3 Å². The topological polar surface area (TPSA) is 68.3 Å². The summed E-state index contributed by atoms with van der Waals surface area (Å²) in [6, 6.07) is 5.51. The number of phenolic OH excluding ortho intramolecular Hbond substituents is 1. The van der Waals surface area contributed by atoms with Gasteiger partial charge in [-0.2, -0.15) is 0 Å². The van der Waals surface area contributed by atoms with Gasteiger partial charge >= 0.3 is 0 Å². The van der Waals surface area contributed by atoms with E-state index in [9.17, 15) is 5.11 Å². The second-order valence-corrected chi connectivity index (χ2v) is 4.28. The summed E-state index contributed by atoms with van der Waals surface area (Å²) in [7, 11) is 0. The molecule has 1 atom stereocenters. The number of aromatic amines is 1. The van der Waals surface area contributed by atoms with Gasteiger partial charge in [0.05, 0.1) is 6.61 Å². The molecular weight excluding hydrogens is 204 g/mol. The van der Waals surface area contributed by atoms with E-state index >= 15 is 0 Å². The third-order valence-corrected chi connectivity index (χ3v) is 3.22. The highest BCUT2D eigenvalue weighted by molar-refractivity contribution is 5.86.